The van der Waals surface area contributed by atoms with Crippen LogP contribution in [0.3, 0.4) is 0 Å². The summed E-state index contributed by atoms with van der Waals surface area (Å²) in [5.74, 6) is 2.18. The molecule has 1 aliphatic heterocycles. The molecule has 1 atom stereocenters. The molecule has 0 unspecified atom stereocenters. The number of rotatable bonds is 6. The minimum absolute atomic E-state index is 0.0693. The molecule has 0 aliphatic carbocycles. The summed E-state index contributed by atoms with van der Waals surface area (Å²) >= 11 is 0. The van der Waals surface area contributed by atoms with Crippen molar-refractivity contribution in [1.29, 1.82) is 0 Å². The third kappa shape index (κ3) is 3.79. The van der Waals surface area contributed by atoms with Crippen molar-refractivity contribution >= 4 is 11.7 Å². The van der Waals surface area contributed by atoms with Crippen molar-refractivity contribution in [3.63, 3.8) is 0 Å². The van der Waals surface area contributed by atoms with Gasteiger partial charge < -0.3 is 10.2 Å². The van der Waals surface area contributed by atoms with E-state index in [-0.39, 0.29) is 18.0 Å². The molecular formula is C25H26N8O. The minimum Gasteiger partial charge on any atom is -0.348 e. The summed E-state index contributed by atoms with van der Waals surface area (Å²) in [5, 5.41) is 11.5. The summed E-state index contributed by atoms with van der Waals surface area (Å²) in [6, 6.07) is 11.3. The zero-order chi connectivity index (χ0) is 23.7. The van der Waals surface area contributed by atoms with Crippen LogP contribution in [0, 0.1) is 0 Å². The fourth-order valence-corrected chi connectivity index (χ4v) is 4.42. The van der Waals surface area contributed by atoms with E-state index in [0.29, 0.717) is 17.9 Å². The molecule has 0 saturated carbocycles. The maximum absolute atomic E-state index is 12.6. The lowest BCUT2D eigenvalue weighted by molar-refractivity contribution is 0.0951. The summed E-state index contributed by atoms with van der Waals surface area (Å²) in [6.07, 6.45) is 7.87. The van der Waals surface area contributed by atoms with Crippen molar-refractivity contribution in [2.24, 2.45) is 0 Å². The van der Waals surface area contributed by atoms with Crippen LogP contribution in [0.15, 0.2) is 61.3 Å². The van der Waals surface area contributed by atoms with Gasteiger partial charge in [-0.3, -0.25) is 14.3 Å². The number of aromatic nitrogens is 6. The average Bonchev–Trinajstić information content (AvgIpc) is 3.36. The van der Waals surface area contributed by atoms with Gasteiger partial charge >= 0.3 is 0 Å². The maximum Gasteiger partial charge on any atom is 0.251 e. The van der Waals surface area contributed by atoms with Crippen LogP contribution in [-0.4, -0.2) is 41.7 Å². The Labute approximate surface area is 197 Å². The molecule has 4 aromatic rings. The molecule has 172 valence electrons. The van der Waals surface area contributed by atoms with E-state index in [2.05, 4.69) is 51.2 Å². The fraction of sp³-hybridized carbons (Fsp3) is 0.280. The number of benzene rings is 1. The first-order valence-electron chi connectivity index (χ1n) is 11.4. The lowest BCUT2D eigenvalue weighted by Crippen LogP contribution is -2.40. The van der Waals surface area contributed by atoms with Crippen molar-refractivity contribution in [3.05, 3.63) is 78.3 Å². The second-order valence-electron chi connectivity index (χ2n) is 8.47. The molecule has 4 heterocycles. The normalized spacial score (nSPS) is 14.6. The van der Waals surface area contributed by atoms with E-state index in [1.165, 1.54) is 0 Å². The zero-order valence-corrected chi connectivity index (χ0v) is 19.4. The first kappa shape index (κ1) is 21.7. The Kier molecular flexibility index (Phi) is 5.75. The zero-order valence-electron chi connectivity index (χ0n) is 19.4. The van der Waals surface area contributed by atoms with Gasteiger partial charge in [-0.15, -0.1) is 10.2 Å². The van der Waals surface area contributed by atoms with Crippen molar-refractivity contribution in [1.82, 2.24) is 35.0 Å². The summed E-state index contributed by atoms with van der Waals surface area (Å²) in [6.45, 7) is 6.76. The Hall–Kier alpha value is -4.14. The topological polar surface area (TPSA) is 102 Å². The van der Waals surface area contributed by atoms with Gasteiger partial charge in [0.25, 0.3) is 5.91 Å². The number of amides is 1. The summed E-state index contributed by atoms with van der Waals surface area (Å²) in [4.78, 5) is 28.8. The molecule has 0 radical (unpaired) electrons. The molecule has 1 N–H and O–H groups in total. The highest BCUT2D eigenvalue weighted by Crippen LogP contribution is 2.39. The summed E-state index contributed by atoms with van der Waals surface area (Å²) in [5.41, 5.74) is 3.14. The first-order chi connectivity index (χ1) is 16.6. The number of nitrogens with zero attached hydrogens (tertiary/aromatic N) is 7. The largest absolute Gasteiger partial charge is 0.348 e. The van der Waals surface area contributed by atoms with E-state index in [9.17, 15) is 4.79 Å². The molecule has 5 rings (SSSR count). The number of hydrogen-bond donors (Lipinski definition) is 1. The molecule has 0 spiro atoms. The van der Waals surface area contributed by atoms with E-state index in [4.69, 9.17) is 4.98 Å². The van der Waals surface area contributed by atoms with E-state index in [1.807, 2.05) is 35.0 Å². The molecule has 0 fully saturated rings. The summed E-state index contributed by atoms with van der Waals surface area (Å²) < 4.78 is 1.97. The van der Waals surface area contributed by atoms with Crippen LogP contribution >= 0.6 is 0 Å². The van der Waals surface area contributed by atoms with Crippen LogP contribution in [0.5, 0.6) is 0 Å². The van der Waals surface area contributed by atoms with Crippen molar-refractivity contribution in [2.75, 3.05) is 4.90 Å². The van der Waals surface area contributed by atoms with Crippen LogP contribution in [0.2, 0.25) is 0 Å². The smallest absolute Gasteiger partial charge is 0.251 e. The highest BCUT2D eigenvalue weighted by atomic mass is 16.1. The van der Waals surface area contributed by atoms with E-state index in [0.717, 1.165) is 34.9 Å². The third-order valence-corrected chi connectivity index (χ3v) is 6.02. The molecule has 1 aromatic carbocycles. The van der Waals surface area contributed by atoms with Gasteiger partial charge in [0.1, 0.15) is 12.0 Å². The molecule has 34 heavy (non-hydrogen) atoms. The van der Waals surface area contributed by atoms with Gasteiger partial charge in [-0.1, -0.05) is 25.1 Å². The lowest BCUT2D eigenvalue weighted by Gasteiger charge is -2.39. The van der Waals surface area contributed by atoms with Crippen LogP contribution in [0.1, 0.15) is 55.0 Å². The van der Waals surface area contributed by atoms with Crippen molar-refractivity contribution in [3.8, 4) is 17.1 Å². The van der Waals surface area contributed by atoms with Crippen molar-refractivity contribution in [2.45, 2.75) is 45.8 Å². The van der Waals surface area contributed by atoms with Gasteiger partial charge in [0.15, 0.2) is 17.5 Å². The van der Waals surface area contributed by atoms with Gasteiger partial charge in [-0.2, -0.15) is 0 Å². The Morgan fingerprint density at radius 3 is 2.74 bits per heavy atom. The summed E-state index contributed by atoms with van der Waals surface area (Å²) in [7, 11) is 0. The molecule has 0 saturated heterocycles. The molecule has 0 bridgehead atoms. The molecule has 9 nitrogen and oxygen atoms in total. The maximum atomic E-state index is 12.6. The van der Waals surface area contributed by atoms with Gasteiger partial charge in [0.2, 0.25) is 0 Å². The van der Waals surface area contributed by atoms with Crippen molar-refractivity contribution < 1.29 is 4.79 Å². The van der Waals surface area contributed by atoms with Gasteiger partial charge in [0.05, 0.1) is 12.2 Å². The van der Waals surface area contributed by atoms with E-state index < -0.39 is 0 Å². The van der Waals surface area contributed by atoms with Crippen LogP contribution < -0.4 is 10.2 Å². The number of fused-ring (bicyclic) bond motifs is 3. The third-order valence-electron chi connectivity index (χ3n) is 6.02. The highest BCUT2D eigenvalue weighted by molar-refractivity contribution is 5.94. The Balaban J connectivity index is 1.51. The molecule has 1 aliphatic rings. The van der Waals surface area contributed by atoms with Crippen LogP contribution in [0.4, 0.5) is 5.82 Å². The van der Waals surface area contributed by atoms with Gasteiger partial charge in [-0.05, 0) is 38.5 Å². The number of carbonyl (C=O) groups is 1. The number of hydrogen-bond acceptors (Lipinski definition) is 7. The lowest BCUT2D eigenvalue weighted by atomic mass is 10.1. The Bertz CT molecular complexity index is 1320. The molecule has 3 aromatic heterocycles. The number of anilines is 1. The quantitative estimate of drug-likeness (QED) is 0.474. The Morgan fingerprint density at radius 1 is 1.15 bits per heavy atom. The number of carbonyl (C=O) groups excluding carboxylic acids is 1. The molecule has 1 amide bonds. The number of pyridine rings is 1. The fourth-order valence-electron chi connectivity index (χ4n) is 4.42. The van der Waals surface area contributed by atoms with Crippen LogP contribution in [-0.2, 0) is 6.54 Å². The standard InChI is InChI=1S/C25H26N8O/c1-4-20-24-31-29-15-32(24)21-14-27-22(30-23(21)33(20)16(2)3)19-10-11-26-12-18(19)13-28-25(34)17-8-6-5-7-9-17/h5-12,14-16,20H,4,13H2,1-3H3,(H,28,34)/t20-/m1/s1. The molecular weight excluding hydrogens is 428 g/mol. The van der Waals surface area contributed by atoms with Gasteiger partial charge in [-0.25, -0.2) is 9.97 Å². The number of nitrogens with one attached hydrogen (secondary N) is 1. The van der Waals surface area contributed by atoms with Gasteiger partial charge in [0, 0.05) is 41.7 Å². The predicted molar refractivity (Wildman–Crippen MR) is 128 cm³/mol. The molecule has 9 heteroatoms. The average molecular weight is 455 g/mol. The first-order valence-corrected chi connectivity index (χ1v) is 11.4. The van der Waals surface area contributed by atoms with E-state index >= 15 is 0 Å². The van der Waals surface area contributed by atoms with E-state index in [1.54, 1.807) is 30.9 Å². The van der Waals surface area contributed by atoms with Crippen LogP contribution in [0.25, 0.3) is 17.1 Å². The monoisotopic (exact) mass is 454 g/mol. The SMILES string of the molecule is CC[C@@H]1c2nncn2-c2cnc(-c3ccncc3CNC(=O)c3ccccc3)nc2N1C(C)C. The second kappa shape index (κ2) is 9.01. The minimum atomic E-state index is -0.140. The second-order valence-corrected chi connectivity index (χ2v) is 8.47. The Morgan fingerprint density at radius 2 is 1.97 bits per heavy atom. The predicted octanol–water partition coefficient (Wildman–Crippen LogP) is 3.73. The highest BCUT2D eigenvalue weighted by Gasteiger charge is 2.35.